The van der Waals surface area contributed by atoms with Crippen LogP contribution in [0.5, 0.6) is 0 Å². The molecule has 2 aliphatic heterocycles. The first kappa shape index (κ1) is 40.9. The number of hydrogen-bond acceptors (Lipinski definition) is 8. The molecule has 5 aromatic carbocycles. The summed E-state index contributed by atoms with van der Waals surface area (Å²) in [6.45, 7) is 1.50. The number of hydrogen-bond donors (Lipinski definition) is 2. The van der Waals surface area contributed by atoms with Gasteiger partial charge in [0.2, 0.25) is 5.91 Å². The highest BCUT2D eigenvalue weighted by molar-refractivity contribution is 6.13. The van der Waals surface area contributed by atoms with Gasteiger partial charge in [-0.3, -0.25) is 19.3 Å². The molecule has 13 heteroatoms. The number of ketones is 1. The molecule has 5 aromatic rings. The van der Waals surface area contributed by atoms with Gasteiger partial charge in [0, 0.05) is 17.8 Å². The molecule has 0 aromatic heterocycles. The van der Waals surface area contributed by atoms with Gasteiger partial charge in [0.25, 0.3) is 5.91 Å². The zero-order valence-corrected chi connectivity index (χ0v) is 33.1. The summed E-state index contributed by atoms with van der Waals surface area (Å²) in [4.78, 5) is 87.7. The van der Waals surface area contributed by atoms with Crippen molar-refractivity contribution in [3.8, 4) is 0 Å². The molecule has 1 fully saturated rings. The van der Waals surface area contributed by atoms with Crippen molar-refractivity contribution in [1.29, 1.82) is 0 Å². The number of esters is 1. The van der Waals surface area contributed by atoms with E-state index in [-0.39, 0.29) is 43.3 Å². The van der Waals surface area contributed by atoms with Crippen LogP contribution in [0.1, 0.15) is 56.7 Å². The fourth-order valence-electron chi connectivity index (χ4n) is 7.42. The van der Waals surface area contributed by atoms with E-state index in [1.54, 1.807) is 67.6 Å². The highest BCUT2D eigenvalue weighted by atomic mass is 16.6. The van der Waals surface area contributed by atoms with Crippen molar-refractivity contribution in [1.82, 2.24) is 10.2 Å². The van der Waals surface area contributed by atoms with Crippen LogP contribution in [0.4, 0.5) is 26.7 Å². The van der Waals surface area contributed by atoms with Crippen LogP contribution in [0.3, 0.4) is 0 Å². The largest absolute Gasteiger partial charge is 0.457 e. The highest BCUT2D eigenvalue weighted by Gasteiger charge is 2.42. The number of fused-ring (bicyclic) bond motifs is 1. The summed E-state index contributed by atoms with van der Waals surface area (Å²) in [6.07, 6.45) is 1.06. The molecule has 0 aliphatic carbocycles. The predicted molar refractivity (Wildman–Crippen MR) is 226 cm³/mol. The minimum absolute atomic E-state index is 0.0287. The molecule has 0 spiro atoms. The Morgan fingerprint density at radius 3 is 2.08 bits per heavy atom. The molecule has 0 saturated carbocycles. The molecule has 306 valence electrons. The van der Waals surface area contributed by atoms with E-state index in [0.29, 0.717) is 42.7 Å². The van der Waals surface area contributed by atoms with Crippen molar-refractivity contribution < 1.29 is 38.2 Å². The van der Waals surface area contributed by atoms with E-state index in [1.165, 1.54) is 20.8 Å². The van der Waals surface area contributed by atoms with Gasteiger partial charge in [-0.25, -0.2) is 14.4 Å². The Bertz CT molecular complexity index is 2370. The second-order valence-corrected chi connectivity index (χ2v) is 14.6. The van der Waals surface area contributed by atoms with Gasteiger partial charge in [-0.2, -0.15) is 0 Å². The van der Waals surface area contributed by atoms with Gasteiger partial charge in [0.05, 0.1) is 30.0 Å². The summed E-state index contributed by atoms with van der Waals surface area (Å²) >= 11 is 0. The lowest BCUT2D eigenvalue weighted by Crippen LogP contribution is -2.58. The molecule has 1 saturated heterocycles. The lowest BCUT2D eigenvalue weighted by molar-refractivity contribution is -0.124. The van der Waals surface area contributed by atoms with Gasteiger partial charge < -0.3 is 29.9 Å². The number of ether oxygens (including phenoxy) is 2. The predicted octanol–water partition coefficient (Wildman–Crippen LogP) is 7.30. The summed E-state index contributed by atoms with van der Waals surface area (Å²) in [5, 5.41) is 5.43. The lowest BCUT2D eigenvalue weighted by Gasteiger charge is -2.37. The maximum atomic E-state index is 14.8. The van der Waals surface area contributed by atoms with Crippen LogP contribution in [-0.4, -0.2) is 72.3 Å². The monoisotopic (exact) mass is 807 g/mol. The number of anilines is 3. The second kappa shape index (κ2) is 19.0. The summed E-state index contributed by atoms with van der Waals surface area (Å²) in [5.41, 5.74) is 3.84. The summed E-state index contributed by atoms with van der Waals surface area (Å²) < 4.78 is 11.1. The molecule has 2 heterocycles. The zero-order chi connectivity index (χ0) is 42.0. The van der Waals surface area contributed by atoms with Crippen LogP contribution in [0.25, 0.3) is 0 Å². The quantitative estimate of drug-likeness (QED) is 0.104. The smallest absolute Gasteiger partial charge is 0.410 e. The highest BCUT2D eigenvalue weighted by Crippen LogP contribution is 2.35. The third-order valence-corrected chi connectivity index (χ3v) is 10.5. The van der Waals surface area contributed by atoms with E-state index >= 15 is 0 Å². The van der Waals surface area contributed by atoms with E-state index < -0.39 is 42.0 Å². The first-order valence-corrected chi connectivity index (χ1v) is 19.8. The molecule has 2 unspecified atom stereocenters. The Morgan fingerprint density at radius 2 is 1.37 bits per heavy atom. The Balaban J connectivity index is 1.15. The molecule has 0 bridgehead atoms. The van der Waals surface area contributed by atoms with Crippen molar-refractivity contribution in [2.45, 2.75) is 51.5 Å². The third-order valence-electron chi connectivity index (χ3n) is 10.5. The normalized spacial score (nSPS) is 16.2. The second-order valence-electron chi connectivity index (χ2n) is 14.6. The van der Waals surface area contributed by atoms with Gasteiger partial charge >= 0.3 is 18.1 Å². The number of para-hydroxylation sites is 2. The number of piperidine rings is 1. The fraction of sp³-hybridized carbons (Fsp3) is 0.234. The summed E-state index contributed by atoms with van der Waals surface area (Å²) in [5.74, 6) is -2.03. The van der Waals surface area contributed by atoms with Crippen molar-refractivity contribution in [2.24, 2.45) is 0 Å². The number of nitrogens with one attached hydrogen (secondary N) is 2. The molecule has 5 amide bonds. The van der Waals surface area contributed by atoms with Crippen LogP contribution in [0, 0.1) is 6.92 Å². The summed E-state index contributed by atoms with van der Waals surface area (Å²) in [6, 6.07) is 35.4. The Labute approximate surface area is 347 Å². The average Bonchev–Trinajstić information content (AvgIpc) is 3.38. The van der Waals surface area contributed by atoms with Gasteiger partial charge in [0.1, 0.15) is 25.3 Å². The molecule has 7 rings (SSSR count). The lowest BCUT2D eigenvalue weighted by atomic mass is 10.0. The molecule has 60 heavy (non-hydrogen) atoms. The van der Waals surface area contributed by atoms with Gasteiger partial charge in [0.15, 0.2) is 5.78 Å². The molecular formula is C47H45N5O8. The maximum Gasteiger partial charge on any atom is 0.410 e. The zero-order valence-electron chi connectivity index (χ0n) is 33.1. The van der Waals surface area contributed by atoms with E-state index in [1.807, 2.05) is 66.7 Å². The van der Waals surface area contributed by atoms with E-state index in [4.69, 9.17) is 9.47 Å². The van der Waals surface area contributed by atoms with E-state index in [9.17, 15) is 28.8 Å². The average molecular weight is 808 g/mol. The minimum Gasteiger partial charge on any atom is -0.457 e. The Morgan fingerprint density at radius 1 is 0.717 bits per heavy atom. The van der Waals surface area contributed by atoms with Crippen LogP contribution >= 0.6 is 0 Å². The molecule has 2 aliphatic rings. The summed E-state index contributed by atoms with van der Waals surface area (Å²) in [7, 11) is 0. The molecule has 2 N–H and O–H groups in total. The maximum absolute atomic E-state index is 14.8. The van der Waals surface area contributed by atoms with Crippen molar-refractivity contribution in [3.63, 3.8) is 0 Å². The van der Waals surface area contributed by atoms with E-state index in [2.05, 4.69) is 10.6 Å². The Hall–Kier alpha value is -7.28. The minimum atomic E-state index is -1.35. The topological polar surface area (TPSA) is 155 Å². The van der Waals surface area contributed by atoms with Crippen LogP contribution < -0.4 is 20.4 Å². The number of aryl methyl sites for hydroxylation is 1. The molecule has 13 nitrogen and oxygen atoms in total. The first-order chi connectivity index (χ1) is 29.2. The molecule has 0 radical (unpaired) electrons. The number of urea groups is 1. The number of nitrogens with zero attached hydrogens (tertiary/aromatic N) is 3. The van der Waals surface area contributed by atoms with Crippen molar-refractivity contribution >= 4 is 52.8 Å². The molecule has 2 atom stereocenters. The van der Waals surface area contributed by atoms with Crippen molar-refractivity contribution in [2.75, 3.05) is 34.8 Å². The number of carbonyl (C=O) groups excluding carboxylic acids is 6. The molecular weight excluding hydrogens is 763 g/mol. The van der Waals surface area contributed by atoms with Crippen LogP contribution in [0.15, 0.2) is 133 Å². The standard InChI is InChI=1S/C47H45N5O8/c1-32-15-8-9-22-37(32)42(53)29-52-40-24-11-10-23-39(40)51(44(55)41-25-12-13-26-50(41)47(58)60-31-34-18-6-3-7-19-34)28-38(43(52)54)49-46(57)48-36-21-14-20-35(27-36)45(56)59-30-33-16-4-2-5-17-33/h2-11,14-24,27,38,41H,12-13,25-26,28-31H2,1H3,(H2,48,49,57). The SMILES string of the molecule is Cc1ccccc1C(=O)CN1C(=O)C(NC(=O)Nc2cccc(C(=O)OCc3ccccc3)c2)CN(C(=O)C2CCCCN2C(=O)OCc2ccccc2)c2ccccc21. The number of amides is 5. The van der Waals surface area contributed by atoms with Gasteiger partial charge in [-0.1, -0.05) is 103 Å². The van der Waals surface area contributed by atoms with E-state index in [0.717, 1.165) is 16.7 Å². The fourth-order valence-corrected chi connectivity index (χ4v) is 7.42. The number of benzene rings is 5. The van der Waals surface area contributed by atoms with Gasteiger partial charge in [-0.05, 0) is 73.2 Å². The van der Waals surface area contributed by atoms with Crippen LogP contribution in [0.2, 0.25) is 0 Å². The van der Waals surface area contributed by atoms with Gasteiger partial charge in [-0.15, -0.1) is 0 Å². The Kier molecular flexibility index (Phi) is 12.9. The number of Topliss-reactive ketones (excluding diaryl/α,β-unsaturated/α-hetero) is 1. The van der Waals surface area contributed by atoms with Crippen LogP contribution in [-0.2, 0) is 32.3 Å². The third kappa shape index (κ3) is 9.70. The number of carbonyl (C=O) groups is 6. The number of rotatable bonds is 11. The first-order valence-electron chi connectivity index (χ1n) is 19.8. The van der Waals surface area contributed by atoms with Crippen molar-refractivity contribution in [3.05, 3.63) is 161 Å². The number of likely N-dealkylation sites (tertiary alicyclic amines) is 1.